The number of halogens is 2. The SMILES string of the molecule is Cn1cc([C@H]2CNC[C@@H]2C(=O)Nc2ccc(F)c(F)c2)cn1. The molecule has 1 fully saturated rings. The van der Waals surface area contributed by atoms with E-state index in [1.165, 1.54) is 6.07 Å². The van der Waals surface area contributed by atoms with Crippen LogP contribution < -0.4 is 10.6 Å². The molecular weight excluding hydrogens is 290 g/mol. The zero-order valence-corrected chi connectivity index (χ0v) is 12.0. The van der Waals surface area contributed by atoms with E-state index in [9.17, 15) is 13.6 Å². The highest BCUT2D eigenvalue weighted by molar-refractivity contribution is 5.93. The highest BCUT2D eigenvalue weighted by atomic mass is 19.2. The van der Waals surface area contributed by atoms with Gasteiger partial charge in [-0.15, -0.1) is 0 Å². The van der Waals surface area contributed by atoms with Crippen LogP contribution >= 0.6 is 0 Å². The van der Waals surface area contributed by atoms with Gasteiger partial charge in [0.05, 0.1) is 12.1 Å². The van der Waals surface area contributed by atoms with Crippen molar-refractivity contribution >= 4 is 11.6 Å². The van der Waals surface area contributed by atoms with Gasteiger partial charge in [0.25, 0.3) is 0 Å². The van der Waals surface area contributed by atoms with Crippen LogP contribution in [0, 0.1) is 17.6 Å². The Kier molecular flexibility index (Phi) is 3.89. The first kappa shape index (κ1) is 14.6. The van der Waals surface area contributed by atoms with Crippen LogP contribution in [0.25, 0.3) is 0 Å². The molecule has 1 aliphatic heterocycles. The molecule has 1 aromatic carbocycles. The highest BCUT2D eigenvalue weighted by Gasteiger charge is 2.34. The highest BCUT2D eigenvalue weighted by Crippen LogP contribution is 2.29. The number of carbonyl (C=O) groups is 1. The number of hydrogen-bond donors (Lipinski definition) is 2. The summed E-state index contributed by atoms with van der Waals surface area (Å²) in [5.41, 5.74) is 1.23. The molecule has 116 valence electrons. The van der Waals surface area contributed by atoms with Crippen molar-refractivity contribution < 1.29 is 13.6 Å². The van der Waals surface area contributed by atoms with Crippen molar-refractivity contribution in [2.24, 2.45) is 13.0 Å². The fourth-order valence-electron chi connectivity index (χ4n) is 2.74. The van der Waals surface area contributed by atoms with Gasteiger partial charge in [-0.3, -0.25) is 9.48 Å². The number of rotatable bonds is 3. The van der Waals surface area contributed by atoms with E-state index in [1.54, 1.807) is 10.9 Å². The molecule has 3 rings (SSSR count). The summed E-state index contributed by atoms with van der Waals surface area (Å²) in [6.07, 6.45) is 3.63. The summed E-state index contributed by atoms with van der Waals surface area (Å²) in [6, 6.07) is 3.32. The average Bonchev–Trinajstić information content (AvgIpc) is 3.11. The molecule has 0 bridgehead atoms. The molecule has 2 heterocycles. The standard InChI is InChI=1S/C15H16F2N4O/c1-21-8-9(5-19-21)11-6-18-7-12(11)15(22)20-10-2-3-13(16)14(17)4-10/h2-5,8,11-12,18H,6-7H2,1H3,(H,20,22)/t11-,12+/m1/s1. The van der Waals surface area contributed by atoms with Crippen LogP contribution in [0.3, 0.4) is 0 Å². The molecular formula is C15H16F2N4O. The molecule has 22 heavy (non-hydrogen) atoms. The van der Waals surface area contributed by atoms with E-state index in [-0.39, 0.29) is 23.4 Å². The molecule has 1 aliphatic rings. The van der Waals surface area contributed by atoms with Gasteiger partial charge in [-0.05, 0) is 17.7 Å². The molecule has 0 saturated carbocycles. The molecule has 1 aromatic heterocycles. The maximum Gasteiger partial charge on any atom is 0.229 e. The zero-order valence-electron chi connectivity index (χ0n) is 12.0. The van der Waals surface area contributed by atoms with Crippen molar-refractivity contribution in [3.05, 3.63) is 47.8 Å². The Morgan fingerprint density at radius 2 is 2.18 bits per heavy atom. The number of aryl methyl sites for hydroxylation is 1. The summed E-state index contributed by atoms with van der Waals surface area (Å²) in [6.45, 7) is 1.22. The zero-order chi connectivity index (χ0) is 15.7. The number of nitrogens with one attached hydrogen (secondary N) is 2. The van der Waals surface area contributed by atoms with Gasteiger partial charge in [0.15, 0.2) is 11.6 Å². The lowest BCUT2D eigenvalue weighted by Gasteiger charge is -2.17. The van der Waals surface area contributed by atoms with Crippen molar-refractivity contribution in [1.29, 1.82) is 0 Å². The van der Waals surface area contributed by atoms with Crippen LogP contribution in [0.2, 0.25) is 0 Å². The molecule has 0 aliphatic carbocycles. The smallest absolute Gasteiger partial charge is 0.229 e. The largest absolute Gasteiger partial charge is 0.326 e. The lowest BCUT2D eigenvalue weighted by atomic mass is 9.90. The molecule has 0 spiro atoms. The molecule has 2 N–H and O–H groups in total. The third-order valence-electron chi connectivity index (χ3n) is 3.89. The van der Waals surface area contributed by atoms with Crippen molar-refractivity contribution in [2.45, 2.75) is 5.92 Å². The number of anilines is 1. The molecule has 7 heteroatoms. The first-order valence-corrected chi connectivity index (χ1v) is 7.00. The summed E-state index contributed by atoms with van der Waals surface area (Å²) in [7, 11) is 1.82. The number of amides is 1. The number of benzene rings is 1. The van der Waals surface area contributed by atoms with E-state index >= 15 is 0 Å². The van der Waals surface area contributed by atoms with E-state index in [4.69, 9.17) is 0 Å². The minimum atomic E-state index is -0.980. The Morgan fingerprint density at radius 1 is 1.36 bits per heavy atom. The van der Waals surface area contributed by atoms with Crippen LogP contribution in [0.1, 0.15) is 11.5 Å². The maximum absolute atomic E-state index is 13.2. The van der Waals surface area contributed by atoms with Gasteiger partial charge in [-0.2, -0.15) is 5.10 Å². The lowest BCUT2D eigenvalue weighted by Crippen LogP contribution is -2.28. The minimum absolute atomic E-state index is 0.0130. The second-order valence-corrected chi connectivity index (χ2v) is 5.44. The third kappa shape index (κ3) is 2.85. The normalized spacial score (nSPS) is 21.0. The number of carbonyl (C=O) groups excluding carboxylic acids is 1. The van der Waals surface area contributed by atoms with Gasteiger partial charge in [-0.25, -0.2) is 8.78 Å². The van der Waals surface area contributed by atoms with E-state index in [1.807, 2.05) is 13.2 Å². The van der Waals surface area contributed by atoms with E-state index in [0.29, 0.717) is 13.1 Å². The van der Waals surface area contributed by atoms with E-state index < -0.39 is 11.6 Å². The molecule has 0 unspecified atom stereocenters. The van der Waals surface area contributed by atoms with Crippen molar-refractivity contribution in [2.75, 3.05) is 18.4 Å². The molecule has 2 atom stereocenters. The monoisotopic (exact) mass is 306 g/mol. The Hall–Kier alpha value is -2.28. The third-order valence-corrected chi connectivity index (χ3v) is 3.89. The van der Waals surface area contributed by atoms with Gasteiger partial charge in [-0.1, -0.05) is 0 Å². The molecule has 0 radical (unpaired) electrons. The summed E-state index contributed by atoms with van der Waals surface area (Å²) in [4.78, 5) is 12.4. The predicted octanol–water partition coefficient (Wildman–Crippen LogP) is 1.64. The van der Waals surface area contributed by atoms with Gasteiger partial charge in [0.1, 0.15) is 0 Å². The van der Waals surface area contributed by atoms with Crippen molar-refractivity contribution in [3.8, 4) is 0 Å². The predicted molar refractivity (Wildman–Crippen MR) is 77.3 cm³/mol. The average molecular weight is 306 g/mol. The Morgan fingerprint density at radius 3 is 2.86 bits per heavy atom. The second kappa shape index (κ2) is 5.84. The Bertz CT molecular complexity index is 701. The summed E-state index contributed by atoms with van der Waals surface area (Å²) < 4.78 is 27.8. The Balaban J connectivity index is 1.74. The van der Waals surface area contributed by atoms with Crippen molar-refractivity contribution in [1.82, 2.24) is 15.1 Å². The van der Waals surface area contributed by atoms with E-state index in [2.05, 4.69) is 15.7 Å². The van der Waals surface area contributed by atoms with Crippen LogP contribution in [0.4, 0.5) is 14.5 Å². The summed E-state index contributed by atoms with van der Waals surface area (Å²) in [5, 5.41) is 9.96. The first-order valence-electron chi connectivity index (χ1n) is 7.00. The lowest BCUT2D eigenvalue weighted by molar-refractivity contribution is -0.119. The number of nitrogens with zero attached hydrogens (tertiary/aromatic N) is 2. The minimum Gasteiger partial charge on any atom is -0.326 e. The van der Waals surface area contributed by atoms with Crippen molar-refractivity contribution in [3.63, 3.8) is 0 Å². The van der Waals surface area contributed by atoms with Crippen LogP contribution in [-0.4, -0.2) is 28.8 Å². The molecule has 5 nitrogen and oxygen atoms in total. The number of hydrogen-bond acceptors (Lipinski definition) is 3. The molecule has 1 saturated heterocycles. The summed E-state index contributed by atoms with van der Waals surface area (Å²) in [5.74, 6) is -2.40. The topological polar surface area (TPSA) is 59.0 Å². The maximum atomic E-state index is 13.2. The van der Waals surface area contributed by atoms with Gasteiger partial charge in [0.2, 0.25) is 5.91 Å². The Labute approximate surface area is 126 Å². The van der Waals surface area contributed by atoms with Gasteiger partial charge in [0, 0.05) is 44.0 Å². The first-order chi connectivity index (χ1) is 10.5. The summed E-state index contributed by atoms with van der Waals surface area (Å²) >= 11 is 0. The fourth-order valence-corrected chi connectivity index (χ4v) is 2.74. The molecule has 2 aromatic rings. The fraction of sp³-hybridized carbons (Fsp3) is 0.333. The van der Waals surface area contributed by atoms with Crippen LogP contribution in [0.15, 0.2) is 30.6 Å². The quantitative estimate of drug-likeness (QED) is 0.906. The van der Waals surface area contributed by atoms with E-state index in [0.717, 1.165) is 17.7 Å². The molecule has 1 amide bonds. The second-order valence-electron chi connectivity index (χ2n) is 5.44. The van der Waals surface area contributed by atoms with Crippen LogP contribution in [-0.2, 0) is 11.8 Å². The van der Waals surface area contributed by atoms with Gasteiger partial charge < -0.3 is 10.6 Å². The van der Waals surface area contributed by atoms with Gasteiger partial charge >= 0.3 is 0 Å². The van der Waals surface area contributed by atoms with Crippen LogP contribution in [0.5, 0.6) is 0 Å². The number of aromatic nitrogens is 2.